The number of nitrogens with zero attached hydrogens (tertiary/aromatic N) is 2. The van der Waals surface area contributed by atoms with E-state index in [1.54, 1.807) is 0 Å². The van der Waals surface area contributed by atoms with E-state index in [2.05, 4.69) is 58.5 Å². The number of aromatic nitrogens is 1. The van der Waals surface area contributed by atoms with Crippen molar-refractivity contribution in [3.63, 3.8) is 0 Å². The van der Waals surface area contributed by atoms with Crippen LogP contribution in [-0.2, 0) is 13.1 Å². The predicted molar refractivity (Wildman–Crippen MR) is 97.8 cm³/mol. The zero-order valence-electron chi connectivity index (χ0n) is 14.4. The summed E-state index contributed by atoms with van der Waals surface area (Å²) < 4.78 is 0. The molecule has 4 heteroatoms. The highest BCUT2D eigenvalue weighted by Gasteiger charge is 2.18. The third-order valence-electron chi connectivity index (χ3n) is 4.74. The van der Waals surface area contributed by atoms with E-state index >= 15 is 0 Å². The molecule has 0 atom stereocenters. The fraction of sp³-hybridized carbons (Fsp3) is 0.450. The molecule has 1 aromatic heterocycles. The maximum Gasteiger partial charge on any atom is 0.0594 e. The van der Waals surface area contributed by atoms with Crippen molar-refractivity contribution in [3.05, 3.63) is 59.4 Å². The molecule has 0 spiro atoms. The van der Waals surface area contributed by atoms with E-state index in [0.717, 1.165) is 50.4 Å². The fourth-order valence-electron chi connectivity index (χ4n) is 3.16. The highest BCUT2D eigenvalue weighted by atomic mass is 16.3. The van der Waals surface area contributed by atoms with Crippen LogP contribution in [-0.4, -0.2) is 34.7 Å². The molecule has 24 heavy (non-hydrogen) atoms. The molecule has 3 rings (SSSR count). The minimum absolute atomic E-state index is 0.334. The summed E-state index contributed by atoms with van der Waals surface area (Å²) in [5.74, 6) is 0.497. The molecule has 1 aliphatic rings. The number of aryl methyl sites for hydroxylation is 1. The zero-order chi connectivity index (χ0) is 16.8. The van der Waals surface area contributed by atoms with E-state index in [4.69, 9.17) is 0 Å². The van der Waals surface area contributed by atoms with Crippen molar-refractivity contribution in [1.82, 2.24) is 9.88 Å². The second-order valence-electron chi connectivity index (χ2n) is 6.78. The number of nitrogens with one attached hydrogen (secondary N) is 1. The summed E-state index contributed by atoms with van der Waals surface area (Å²) in [5.41, 5.74) is 4.71. The van der Waals surface area contributed by atoms with Crippen molar-refractivity contribution in [1.29, 1.82) is 0 Å². The van der Waals surface area contributed by atoms with Crippen LogP contribution in [0.25, 0.3) is 0 Å². The number of aliphatic hydroxyl groups is 1. The quantitative estimate of drug-likeness (QED) is 0.856. The molecule has 2 aromatic rings. The summed E-state index contributed by atoms with van der Waals surface area (Å²) in [4.78, 5) is 6.91. The van der Waals surface area contributed by atoms with Crippen LogP contribution in [0.2, 0.25) is 0 Å². The Morgan fingerprint density at radius 2 is 2.04 bits per heavy atom. The summed E-state index contributed by atoms with van der Waals surface area (Å²) in [6.07, 6.45) is 4.12. The first-order valence-corrected chi connectivity index (χ1v) is 8.80. The second-order valence-corrected chi connectivity index (χ2v) is 6.78. The van der Waals surface area contributed by atoms with Gasteiger partial charge < -0.3 is 10.4 Å². The Kier molecular flexibility index (Phi) is 5.83. The average molecular weight is 325 g/mol. The lowest BCUT2D eigenvalue weighted by Crippen LogP contribution is -2.34. The van der Waals surface area contributed by atoms with E-state index in [-0.39, 0.29) is 0 Å². The Morgan fingerprint density at radius 1 is 1.21 bits per heavy atom. The Labute approximate surface area is 144 Å². The van der Waals surface area contributed by atoms with Gasteiger partial charge in [-0.25, -0.2) is 0 Å². The summed E-state index contributed by atoms with van der Waals surface area (Å²) in [6.45, 7) is 6.27. The van der Waals surface area contributed by atoms with Gasteiger partial charge in [-0.2, -0.15) is 0 Å². The topological polar surface area (TPSA) is 48.4 Å². The molecule has 1 saturated heterocycles. The number of aliphatic hydroxyl groups excluding tert-OH is 1. The normalized spacial score (nSPS) is 16.2. The van der Waals surface area contributed by atoms with Gasteiger partial charge in [0.25, 0.3) is 0 Å². The minimum atomic E-state index is 0.334. The number of likely N-dealkylation sites (tertiary alicyclic amines) is 1. The van der Waals surface area contributed by atoms with Crippen molar-refractivity contribution < 1.29 is 5.11 Å². The van der Waals surface area contributed by atoms with Crippen LogP contribution >= 0.6 is 0 Å². The van der Waals surface area contributed by atoms with E-state index in [0.29, 0.717) is 12.5 Å². The standard InChI is InChI=1S/C20H27N3O/c1-16-5-6-20(21-12-16)13-22-19-4-2-3-18(11-19)14-23-9-7-17(15-24)8-10-23/h2-6,11-12,17,22,24H,7-10,13-15H2,1H3. The maximum atomic E-state index is 9.24. The average Bonchev–Trinajstić information content (AvgIpc) is 2.62. The van der Waals surface area contributed by atoms with Gasteiger partial charge in [0.05, 0.1) is 12.2 Å². The third-order valence-corrected chi connectivity index (χ3v) is 4.74. The molecule has 4 nitrogen and oxygen atoms in total. The Morgan fingerprint density at radius 3 is 2.75 bits per heavy atom. The van der Waals surface area contributed by atoms with Gasteiger partial charge in [0.15, 0.2) is 0 Å². The minimum Gasteiger partial charge on any atom is -0.396 e. The lowest BCUT2D eigenvalue weighted by atomic mass is 9.97. The molecular weight excluding hydrogens is 298 g/mol. The van der Waals surface area contributed by atoms with Crippen LogP contribution in [0.5, 0.6) is 0 Å². The van der Waals surface area contributed by atoms with Crippen LogP contribution in [0.3, 0.4) is 0 Å². The van der Waals surface area contributed by atoms with Crippen molar-refractivity contribution in [3.8, 4) is 0 Å². The lowest BCUT2D eigenvalue weighted by molar-refractivity contribution is 0.127. The number of hydrogen-bond acceptors (Lipinski definition) is 4. The molecule has 1 fully saturated rings. The summed E-state index contributed by atoms with van der Waals surface area (Å²) in [7, 11) is 0. The molecule has 0 radical (unpaired) electrons. The first-order chi connectivity index (χ1) is 11.7. The van der Waals surface area contributed by atoms with Gasteiger partial charge in [0, 0.05) is 25.0 Å². The summed E-state index contributed by atoms with van der Waals surface area (Å²) >= 11 is 0. The number of piperidine rings is 1. The Bertz CT molecular complexity index is 634. The monoisotopic (exact) mass is 325 g/mol. The van der Waals surface area contributed by atoms with Crippen molar-refractivity contribution in [2.24, 2.45) is 5.92 Å². The SMILES string of the molecule is Cc1ccc(CNc2cccc(CN3CCC(CO)CC3)c2)nc1. The Balaban J connectivity index is 1.53. The van der Waals surface area contributed by atoms with Crippen molar-refractivity contribution in [2.75, 3.05) is 25.0 Å². The molecule has 1 aromatic carbocycles. The van der Waals surface area contributed by atoms with E-state index in [9.17, 15) is 5.11 Å². The van der Waals surface area contributed by atoms with Crippen LogP contribution in [0.15, 0.2) is 42.6 Å². The predicted octanol–water partition coefficient (Wildman–Crippen LogP) is 3.21. The van der Waals surface area contributed by atoms with Gasteiger partial charge in [-0.1, -0.05) is 18.2 Å². The van der Waals surface area contributed by atoms with Crippen molar-refractivity contribution >= 4 is 5.69 Å². The Hall–Kier alpha value is -1.91. The molecular formula is C20H27N3O. The van der Waals surface area contributed by atoms with Crippen LogP contribution in [0, 0.1) is 12.8 Å². The van der Waals surface area contributed by atoms with Crippen LogP contribution in [0.1, 0.15) is 29.7 Å². The van der Waals surface area contributed by atoms with Gasteiger partial charge in [-0.3, -0.25) is 9.88 Å². The number of pyridine rings is 1. The summed E-state index contributed by atoms with van der Waals surface area (Å²) in [5, 5.41) is 12.7. The highest BCUT2D eigenvalue weighted by Crippen LogP contribution is 2.20. The third kappa shape index (κ3) is 4.79. The molecule has 0 unspecified atom stereocenters. The number of anilines is 1. The van der Waals surface area contributed by atoms with Crippen LogP contribution in [0.4, 0.5) is 5.69 Å². The second kappa shape index (κ2) is 8.27. The molecule has 0 saturated carbocycles. The highest BCUT2D eigenvalue weighted by molar-refractivity contribution is 5.46. The fourth-order valence-corrected chi connectivity index (χ4v) is 3.16. The molecule has 0 bridgehead atoms. The lowest BCUT2D eigenvalue weighted by Gasteiger charge is -2.31. The maximum absolute atomic E-state index is 9.24. The molecule has 0 aliphatic carbocycles. The smallest absolute Gasteiger partial charge is 0.0594 e. The van der Waals surface area contributed by atoms with Gasteiger partial charge in [-0.15, -0.1) is 0 Å². The first-order valence-electron chi connectivity index (χ1n) is 8.80. The van der Waals surface area contributed by atoms with E-state index < -0.39 is 0 Å². The van der Waals surface area contributed by atoms with E-state index in [1.807, 2.05) is 6.20 Å². The largest absolute Gasteiger partial charge is 0.396 e. The van der Waals surface area contributed by atoms with Gasteiger partial charge >= 0.3 is 0 Å². The van der Waals surface area contributed by atoms with Crippen molar-refractivity contribution in [2.45, 2.75) is 32.9 Å². The number of hydrogen-bond donors (Lipinski definition) is 2. The molecule has 2 heterocycles. The first kappa shape index (κ1) is 16.9. The number of benzene rings is 1. The molecule has 0 amide bonds. The van der Waals surface area contributed by atoms with Crippen LogP contribution < -0.4 is 5.32 Å². The van der Waals surface area contributed by atoms with Gasteiger partial charge in [0.1, 0.15) is 0 Å². The molecule has 2 N–H and O–H groups in total. The molecule has 1 aliphatic heterocycles. The number of rotatable bonds is 6. The zero-order valence-corrected chi connectivity index (χ0v) is 14.4. The van der Waals surface area contributed by atoms with Gasteiger partial charge in [0.2, 0.25) is 0 Å². The van der Waals surface area contributed by atoms with Gasteiger partial charge in [-0.05, 0) is 68.1 Å². The van der Waals surface area contributed by atoms with E-state index in [1.165, 1.54) is 11.1 Å². The summed E-state index contributed by atoms with van der Waals surface area (Å²) in [6, 6.07) is 12.8. The molecule has 128 valence electrons.